The third-order valence-electron chi connectivity index (χ3n) is 5.08. The van der Waals surface area contributed by atoms with Crippen LogP contribution in [0.2, 0.25) is 0 Å². The molecule has 4 nitrogen and oxygen atoms in total. The number of benzene rings is 3. The van der Waals surface area contributed by atoms with E-state index in [0.29, 0.717) is 25.4 Å². The second-order valence-corrected chi connectivity index (χ2v) is 7.63. The standard InChI is InChI=1S/C27H31NO3/c1-3-31-26-17-16-24(18-25(26)20-30-19-23-12-8-5-9-13-23)27(29)28-21(2)14-15-22-10-6-4-7-11-22/h4-13,16-18,21H,3,14-15,19-20H2,1-2H3,(H,28,29). The maximum atomic E-state index is 12.8. The van der Waals surface area contributed by atoms with Gasteiger partial charge in [-0.2, -0.15) is 0 Å². The molecular formula is C27H31NO3. The minimum absolute atomic E-state index is 0.0760. The molecule has 3 rings (SSSR count). The van der Waals surface area contributed by atoms with Crippen molar-refractivity contribution < 1.29 is 14.3 Å². The van der Waals surface area contributed by atoms with Gasteiger partial charge in [0.05, 0.1) is 19.8 Å². The third kappa shape index (κ3) is 7.26. The van der Waals surface area contributed by atoms with Crippen LogP contribution in [0.1, 0.15) is 47.3 Å². The summed E-state index contributed by atoms with van der Waals surface area (Å²) < 4.78 is 11.6. The smallest absolute Gasteiger partial charge is 0.251 e. The zero-order valence-corrected chi connectivity index (χ0v) is 18.3. The molecular weight excluding hydrogens is 386 g/mol. The van der Waals surface area contributed by atoms with Gasteiger partial charge in [-0.1, -0.05) is 60.7 Å². The second-order valence-electron chi connectivity index (χ2n) is 7.63. The van der Waals surface area contributed by atoms with Gasteiger partial charge < -0.3 is 14.8 Å². The summed E-state index contributed by atoms with van der Waals surface area (Å²) >= 11 is 0. The van der Waals surface area contributed by atoms with Crippen molar-refractivity contribution in [2.24, 2.45) is 0 Å². The molecule has 0 radical (unpaired) electrons. The molecule has 0 aromatic heterocycles. The highest BCUT2D eigenvalue weighted by Gasteiger charge is 2.13. The number of nitrogens with one attached hydrogen (secondary N) is 1. The van der Waals surface area contributed by atoms with E-state index in [2.05, 4.69) is 17.4 Å². The molecule has 0 aliphatic rings. The monoisotopic (exact) mass is 417 g/mol. The van der Waals surface area contributed by atoms with E-state index < -0.39 is 0 Å². The molecule has 1 N–H and O–H groups in total. The van der Waals surface area contributed by atoms with Crippen LogP contribution >= 0.6 is 0 Å². The molecule has 0 bridgehead atoms. The first kappa shape index (κ1) is 22.6. The molecule has 1 amide bonds. The van der Waals surface area contributed by atoms with Crippen LogP contribution in [0.25, 0.3) is 0 Å². The Morgan fingerprint density at radius 3 is 2.26 bits per heavy atom. The predicted molar refractivity (Wildman–Crippen MR) is 124 cm³/mol. The van der Waals surface area contributed by atoms with E-state index in [1.54, 1.807) is 0 Å². The van der Waals surface area contributed by atoms with Crippen LogP contribution in [-0.4, -0.2) is 18.6 Å². The molecule has 0 fully saturated rings. The molecule has 1 unspecified atom stereocenters. The minimum Gasteiger partial charge on any atom is -0.494 e. The third-order valence-corrected chi connectivity index (χ3v) is 5.08. The average Bonchev–Trinajstić information content (AvgIpc) is 2.80. The molecule has 3 aromatic rings. The van der Waals surface area contributed by atoms with Crippen molar-refractivity contribution in [3.63, 3.8) is 0 Å². The Labute approximate surface area is 185 Å². The number of carbonyl (C=O) groups is 1. The van der Waals surface area contributed by atoms with Crippen molar-refractivity contribution in [3.8, 4) is 5.75 Å². The molecule has 0 saturated heterocycles. The van der Waals surface area contributed by atoms with Gasteiger partial charge in [-0.15, -0.1) is 0 Å². The van der Waals surface area contributed by atoms with Gasteiger partial charge in [0.1, 0.15) is 5.75 Å². The zero-order chi connectivity index (χ0) is 21.9. The van der Waals surface area contributed by atoms with Crippen LogP contribution in [-0.2, 0) is 24.4 Å². The Morgan fingerprint density at radius 1 is 0.903 bits per heavy atom. The molecule has 162 valence electrons. The summed E-state index contributed by atoms with van der Waals surface area (Å²) in [5.74, 6) is 0.678. The molecule has 4 heteroatoms. The topological polar surface area (TPSA) is 47.6 Å². The summed E-state index contributed by atoms with van der Waals surface area (Å²) in [6.45, 7) is 5.45. The van der Waals surface area contributed by atoms with Crippen molar-refractivity contribution in [1.29, 1.82) is 0 Å². The average molecular weight is 418 g/mol. The van der Waals surface area contributed by atoms with Crippen molar-refractivity contribution in [2.75, 3.05) is 6.61 Å². The highest BCUT2D eigenvalue weighted by atomic mass is 16.5. The van der Waals surface area contributed by atoms with Crippen LogP contribution in [0.15, 0.2) is 78.9 Å². The lowest BCUT2D eigenvalue weighted by atomic mass is 10.1. The molecule has 0 aliphatic carbocycles. The molecule has 31 heavy (non-hydrogen) atoms. The zero-order valence-electron chi connectivity index (χ0n) is 18.3. The van der Waals surface area contributed by atoms with E-state index in [0.717, 1.165) is 29.7 Å². The Kier molecular flexibility index (Phi) is 8.68. The van der Waals surface area contributed by atoms with Crippen LogP contribution in [0.4, 0.5) is 0 Å². The Hall–Kier alpha value is -3.11. The van der Waals surface area contributed by atoms with Crippen LogP contribution in [0.3, 0.4) is 0 Å². The van der Waals surface area contributed by atoms with Crippen LogP contribution in [0, 0.1) is 0 Å². The number of hydrogen-bond acceptors (Lipinski definition) is 3. The fourth-order valence-corrected chi connectivity index (χ4v) is 3.39. The predicted octanol–water partition coefficient (Wildman–Crippen LogP) is 5.55. The maximum absolute atomic E-state index is 12.8. The van der Waals surface area contributed by atoms with E-state index >= 15 is 0 Å². The number of ether oxygens (including phenoxy) is 2. The lowest BCUT2D eigenvalue weighted by Gasteiger charge is -2.16. The summed E-state index contributed by atoms with van der Waals surface area (Å²) in [6, 6.07) is 26.0. The van der Waals surface area contributed by atoms with Crippen molar-refractivity contribution >= 4 is 5.91 Å². The van der Waals surface area contributed by atoms with E-state index in [1.807, 2.05) is 80.6 Å². The van der Waals surface area contributed by atoms with Gasteiger partial charge in [0.15, 0.2) is 0 Å². The lowest BCUT2D eigenvalue weighted by molar-refractivity contribution is 0.0936. The largest absolute Gasteiger partial charge is 0.494 e. The highest BCUT2D eigenvalue weighted by Crippen LogP contribution is 2.22. The fourth-order valence-electron chi connectivity index (χ4n) is 3.39. The van der Waals surface area contributed by atoms with Crippen LogP contribution < -0.4 is 10.1 Å². The normalized spacial score (nSPS) is 11.7. The number of amides is 1. The number of rotatable bonds is 11. The maximum Gasteiger partial charge on any atom is 0.251 e. The Balaban J connectivity index is 1.59. The van der Waals surface area contributed by atoms with E-state index in [9.17, 15) is 4.79 Å². The fraction of sp³-hybridized carbons (Fsp3) is 0.296. The van der Waals surface area contributed by atoms with Crippen molar-refractivity contribution in [1.82, 2.24) is 5.32 Å². The van der Waals surface area contributed by atoms with Crippen molar-refractivity contribution in [2.45, 2.75) is 45.9 Å². The molecule has 0 saturated carbocycles. The first-order chi connectivity index (χ1) is 15.2. The van der Waals surface area contributed by atoms with Gasteiger partial charge >= 0.3 is 0 Å². The Bertz CT molecular complexity index is 941. The van der Waals surface area contributed by atoms with Gasteiger partial charge in [0, 0.05) is 17.2 Å². The molecule has 3 aromatic carbocycles. The number of carbonyl (C=O) groups excluding carboxylic acids is 1. The minimum atomic E-state index is -0.0760. The van der Waals surface area contributed by atoms with Crippen molar-refractivity contribution in [3.05, 3.63) is 101 Å². The van der Waals surface area contributed by atoms with Gasteiger partial charge in [-0.3, -0.25) is 4.79 Å². The SMILES string of the molecule is CCOc1ccc(C(=O)NC(C)CCc2ccccc2)cc1COCc1ccccc1. The summed E-state index contributed by atoms with van der Waals surface area (Å²) in [5, 5.41) is 3.11. The summed E-state index contributed by atoms with van der Waals surface area (Å²) in [4.78, 5) is 12.8. The van der Waals surface area contributed by atoms with Gasteiger partial charge in [0.2, 0.25) is 0 Å². The second kappa shape index (κ2) is 11.9. The Morgan fingerprint density at radius 2 is 1.58 bits per heavy atom. The van der Waals surface area contributed by atoms with E-state index in [1.165, 1.54) is 5.56 Å². The molecule has 1 atom stereocenters. The molecule has 0 aliphatic heterocycles. The molecule has 0 spiro atoms. The first-order valence-electron chi connectivity index (χ1n) is 10.9. The number of hydrogen-bond donors (Lipinski definition) is 1. The van der Waals surface area contributed by atoms with Crippen LogP contribution in [0.5, 0.6) is 5.75 Å². The lowest BCUT2D eigenvalue weighted by Crippen LogP contribution is -2.33. The molecule has 0 heterocycles. The summed E-state index contributed by atoms with van der Waals surface area (Å²) in [7, 11) is 0. The van der Waals surface area contributed by atoms with E-state index in [-0.39, 0.29) is 11.9 Å². The number of aryl methyl sites for hydroxylation is 1. The highest BCUT2D eigenvalue weighted by molar-refractivity contribution is 5.94. The van der Waals surface area contributed by atoms with Gasteiger partial charge in [-0.25, -0.2) is 0 Å². The van der Waals surface area contributed by atoms with E-state index in [4.69, 9.17) is 9.47 Å². The first-order valence-corrected chi connectivity index (χ1v) is 10.9. The summed E-state index contributed by atoms with van der Waals surface area (Å²) in [5.41, 5.74) is 3.89. The van der Waals surface area contributed by atoms with Gasteiger partial charge in [-0.05, 0) is 56.0 Å². The summed E-state index contributed by atoms with van der Waals surface area (Å²) in [6.07, 6.45) is 1.82. The van der Waals surface area contributed by atoms with Gasteiger partial charge in [0.25, 0.3) is 5.91 Å². The quantitative estimate of drug-likeness (QED) is 0.445.